The lowest BCUT2D eigenvalue weighted by Gasteiger charge is -2.21. The monoisotopic (exact) mass is 1090 g/mol. The van der Waals surface area contributed by atoms with Crippen LogP contribution in [0.5, 0.6) is 0 Å². The van der Waals surface area contributed by atoms with Crippen LogP contribution in [0.2, 0.25) is 0 Å². The number of phosphoric ester groups is 1. The lowest BCUT2D eigenvalue weighted by molar-refractivity contribution is -0.161. The fourth-order valence-corrected chi connectivity index (χ4v) is 9.49. The van der Waals surface area contributed by atoms with Crippen molar-refractivity contribution in [2.24, 2.45) is 0 Å². The largest absolute Gasteiger partial charge is 0.472 e. The Morgan fingerprint density at radius 1 is 0.382 bits per heavy atom. The molecule has 0 rings (SSSR count). The standard InChI is InChI=1S/C64H115O11P/c1-4-7-10-13-16-19-22-25-27-29-30-32-33-36-38-41-44-47-50-53-62(66)71-57-61(75-64(68)55-52-49-46-43-40-37-34-31-28-26-23-20-17-14-11-8-5-2)59-73-76(69,70)72-58-60(56-65)74-63(67)54-51-48-45-42-39-35-24-21-18-15-12-9-6-3/h8,11-12,15,17,20-21,24,26,28,60-61,65H,4-7,9-10,13-14,16,18-19,22-23,25,27,29-59H2,1-3H3,(H,69,70)/b11-8-,15-12-,20-17-,24-21-,28-26-. The number of phosphoric acid groups is 1. The first kappa shape index (κ1) is 73.2. The Morgan fingerprint density at radius 2 is 0.711 bits per heavy atom. The molecule has 12 heteroatoms. The topological polar surface area (TPSA) is 155 Å². The second-order valence-electron chi connectivity index (χ2n) is 20.8. The highest BCUT2D eigenvalue weighted by molar-refractivity contribution is 7.47. The Kier molecular flexibility index (Phi) is 56.2. The van der Waals surface area contributed by atoms with Crippen molar-refractivity contribution in [2.75, 3.05) is 26.4 Å². The predicted molar refractivity (Wildman–Crippen MR) is 316 cm³/mol. The van der Waals surface area contributed by atoms with Gasteiger partial charge < -0.3 is 24.2 Å². The highest BCUT2D eigenvalue weighted by Gasteiger charge is 2.28. The molecule has 0 bridgehead atoms. The molecule has 2 N–H and O–H groups in total. The summed E-state index contributed by atoms with van der Waals surface area (Å²) < 4.78 is 39.6. The van der Waals surface area contributed by atoms with Crippen LogP contribution >= 0.6 is 7.82 Å². The Labute approximate surface area is 465 Å². The van der Waals surface area contributed by atoms with Crippen molar-refractivity contribution in [3.05, 3.63) is 60.8 Å². The minimum absolute atomic E-state index is 0.157. The van der Waals surface area contributed by atoms with Gasteiger partial charge >= 0.3 is 25.7 Å². The van der Waals surface area contributed by atoms with Gasteiger partial charge in [-0.05, 0) is 77.0 Å². The fraction of sp³-hybridized carbons (Fsp3) is 0.797. The van der Waals surface area contributed by atoms with E-state index >= 15 is 0 Å². The van der Waals surface area contributed by atoms with Gasteiger partial charge in [-0.1, -0.05) is 255 Å². The lowest BCUT2D eigenvalue weighted by Crippen LogP contribution is -2.30. The number of aliphatic hydroxyl groups excluding tert-OH is 1. The van der Waals surface area contributed by atoms with Crippen LogP contribution in [0.1, 0.15) is 290 Å². The molecule has 0 aliphatic heterocycles. The van der Waals surface area contributed by atoms with Crippen LogP contribution in [-0.4, -0.2) is 66.5 Å². The minimum Gasteiger partial charge on any atom is -0.462 e. The smallest absolute Gasteiger partial charge is 0.462 e. The SMILES string of the molecule is CC/C=C\C/C=C\C/C=C\CCCCCCCCCC(=O)OC(COC(=O)CCCCCCCCCCCCCCCCCCCCC)COP(=O)(O)OCC(CO)OC(=O)CCCCCCC/C=C\C/C=C\CCC. The van der Waals surface area contributed by atoms with Crippen molar-refractivity contribution in [1.29, 1.82) is 0 Å². The molecular formula is C64H115O11P. The Hall–Kier alpha value is -2.82. The zero-order chi connectivity index (χ0) is 55.5. The molecule has 0 heterocycles. The van der Waals surface area contributed by atoms with Crippen LogP contribution in [0, 0.1) is 0 Å². The molecule has 0 aliphatic rings. The third kappa shape index (κ3) is 55.9. The maximum Gasteiger partial charge on any atom is 0.472 e. The number of allylic oxidation sites excluding steroid dienone is 10. The van der Waals surface area contributed by atoms with E-state index in [4.69, 9.17) is 23.3 Å². The highest BCUT2D eigenvalue weighted by Crippen LogP contribution is 2.43. The summed E-state index contributed by atoms with van der Waals surface area (Å²) >= 11 is 0. The van der Waals surface area contributed by atoms with E-state index in [-0.39, 0.29) is 25.9 Å². The van der Waals surface area contributed by atoms with Crippen LogP contribution < -0.4 is 0 Å². The number of hydrogen-bond acceptors (Lipinski definition) is 10. The normalized spacial score (nSPS) is 13.7. The van der Waals surface area contributed by atoms with Gasteiger partial charge in [-0.15, -0.1) is 0 Å². The molecule has 3 unspecified atom stereocenters. The summed E-state index contributed by atoms with van der Waals surface area (Å²) in [5.41, 5.74) is 0. The summed E-state index contributed by atoms with van der Waals surface area (Å²) in [6.07, 6.45) is 64.6. The second kappa shape index (κ2) is 58.3. The van der Waals surface area contributed by atoms with Crippen LogP contribution in [0.3, 0.4) is 0 Å². The predicted octanol–water partition coefficient (Wildman–Crippen LogP) is 18.7. The molecule has 442 valence electrons. The summed E-state index contributed by atoms with van der Waals surface area (Å²) in [6.45, 7) is 4.49. The first-order chi connectivity index (χ1) is 37.2. The molecular weight excluding hydrogens is 976 g/mol. The molecule has 11 nitrogen and oxygen atoms in total. The number of aliphatic hydroxyl groups is 1. The average Bonchev–Trinajstić information content (AvgIpc) is 3.41. The second-order valence-corrected chi connectivity index (χ2v) is 22.3. The molecule has 0 amide bonds. The van der Waals surface area contributed by atoms with E-state index in [0.717, 1.165) is 122 Å². The molecule has 0 spiro atoms. The van der Waals surface area contributed by atoms with Gasteiger partial charge in [-0.2, -0.15) is 0 Å². The van der Waals surface area contributed by atoms with Crippen LogP contribution in [0.4, 0.5) is 0 Å². The maximum atomic E-state index is 12.9. The number of esters is 3. The highest BCUT2D eigenvalue weighted by atomic mass is 31.2. The number of hydrogen-bond donors (Lipinski definition) is 2. The van der Waals surface area contributed by atoms with E-state index in [9.17, 15) is 28.9 Å². The van der Waals surface area contributed by atoms with Crippen LogP contribution in [0.25, 0.3) is 0 Å². The Bertz CT molecular complexity index is 1510. The third-order valence-electron chi connectivity index (χ3n) is 13.4. The van der Waals surface area contributed by atoms with E-state index < -0.39 is 57.8 Å². The van der Waals surface area contributed by atoms with Gasteiger partial charge in [0, 0.05) is 19.3 Å². The minimum atomic E-state index is -4.76. The number of carbonyl (C=O) groups is 3. The van der Waals surface area contributed by atoms with E-state index in [1.807, 2.05) is 0 Å². The molecule has 0 radical (unpaired) electrons. The first-order valence-corrected chi connectivity index (χ1v) is 32.7. The van der Waals surface area contributed by atoms with Crippen molar-refractivity contribution in [3.8, 4) is 0 Å². The number of unbranched alkanes of at least 4 members (excludes halogenated alkanes) is 31. The van der Waals surface area contributed by atoms with Crippen molar-refractivity contribution in [1.82, 2.24) is 0 Å². The zero-order valence-corrected chi connectivity index (χ0v) is 49.9. The molecule has 0 aromatic heterocycles. The van der Waals surface area contributed by atoms with Gasteiger partial charge in [0.2, 0.25) is 0 Å². The molecule has 0 saturated heterocycles. The molecule has 0 saturated carbocycles. The molecule has 0 fully saturated rings. The van der Waals surface area contributed by atoms with Gasteiger partial charge in [0.1, 0.15) is 12.7 Å². The molecule has 76 heavy (non-hydrogen) atoms. The summed E-state index contributed by atoms with van der Waals surface area (Å²) in [6, 6.07) is 0. The van der Waals surface area contributed by atoms with Gasteiger partial charge in [-0.3, -0.25) is 23.4 Å². The fourth-order valence-electron chi connectivity index (χ4n) is 8.70. The molecule has 0 aliphatic carbocycles. The van der Waals surface area contributed by atoms with Crippen molar-refractivity contribution < 1.29 is 52.2 Å². The molecule has 0 aromatic rings. The Balaban J connectivity index is 4.70. The summed E-state index contributed by atoms with van der Waals surface area (Å²) in [7, 11) is -4.76. The summed E-state index contributed by atoms with van der Waals surface area (Å²) in [5, 5.41) is 9.82. The van der Waals surface area contributed by atoms with Gasteiger partial charge in [0.15, 0.2) is 6.10 Å². The lowest BCUT2D eigenvalue weighted by atomic mass is 10.0. The number of carbonyl (C=O) groups excluding carboxylic acids is 3. The summed E-state index contributed by atoms with van der Waals surface area (Å²) in [5.74, 6) is -1.47. The van der Waals surface area contributed by atoms with Gasteiger partial charge in [-0.25, -0.2) is 4.57 Å². The summed E-state index contributed by atoms with van der Waals surface area (Å²) in [4.78, 5) is 48.7. The first-order valence-electron chi connectivity index (χ1n) is 31.2. The van der Waals surface area contributed by atoms with E-state index in [0.29, 0.717) is 19.3 Å². The van der Waals surface area contributed by atoms with Crippen LogP contribution in [-0.2, 0) is 42.2 Å². The quantitative estimate of drug-likeness (QED) is 0.0197. The molecule has 3 atom stereocenters. The van der Waals surface area contributed by atoms with E-state index in [1.54, 1.807) is 0 Å². The Morgan fingerprint density at radius 3 is 1.11 bits per heavy atom. The van der Waals surface area contributed by atoms with E-state index in [2.05, 4.69) is 81.5 Å². The number of ether oxygens (including phenoxy) is 3. The average molecular weight is 1090 g/mol. The molecule has 0 aromatic carbocycles. The zero-order valence-electron chi connectivity index (χ0n) is 49.0. The third-order valence-corrected chi connectivity index (χ3v) is 14.4. The van der Waals surface area contributed by atoms with Gasteiger partial charge in [0.05, 0.1) is 19.8 Å². The van der Waals surface area contributed by atoms with Gasteiger partial charge in [0.25, 0.3) is 0 Å². The van der Waals surface area contributed by atoms with Crippen LogP contribution in [0.15, 0.2) is 60.8 Å². The van der Waals surface area contributed by atoms with Crippen molar-refractivity contribution in [3.63, 3.8) is 0 Å². The maximum absolute atomic E-state index is 12.9. The van der Waals surface area contributed by atoms with Crippen molar-refractivity contribution >= 4 is 25.7 Å². The number of rotatable bonds is 58. The van der Waals surface area contributed by atoms with Crippen molar-refractivity contribution in [2.45, 2.75) is 303 Å². The van der Waals surface area contributed by atoms with E-state index in [1.165, 1.54) is 109 Å².